The zero-order chi connectivity index (χ0) is 47.7. The summed E-state index contributed by atoms with van der Waals surface area (Å²) in [4.78, 5) is 76.7. The minimum Gasteiger partial charge on any atom is -0.396 e. The maximum Gasteiger partial charge on any atom is 0.472 e. The van der Waals surface area contributed by atoms with Gasteiger partial charge in [-0.25, -0.2) is 32.0 Å². The summed E-state index contributed by atoms with van der Waals surface area (Å²) in [5.41, 5.74) is 0. The SMILES string of the molecule is CCC(CO)COP(=O)(O)OCCOP(=O)(O)OCC(CC)COP(=O)(O)OCCOP(=O)(O)OCC(CC)COP(=O)(O)OCCOP(=O)(O)OCC(CC)COP(=O)(O)O. The highest BCUT2D eigenvalue weighted by molar-refractivity contribution is 7.49. The van der Waals surface area contributed by atoms with Crippen molar-refractivity contribution in [2.24, 2.45) is 23.7 Å². The van der Waals surface area contributed by atoms with Gasteiger partial charge in [-0.15, -0.1) is 0 Å². The average Bonchev–Trinajstić information content (AvgIpc) is 3.17. The molecule has 10 unspecified atom stereocenters. The summed E-state index contributed by atoms with van der Waals surface area (Å²) in [6, 6.07) is 0. The zero-order valence-corrected chi connectivity index (χ0v) is 40.6. The van der Waals surface area contributed by atoms with Crippen LogP contribution in [0.4, 0.5) is 0 Å². The van der Waals surface area contributed by atoms with Crippen LogP contribution in [0.5, 0.6) is 0 Å². The van der Waals surface area contributed by atoms with Gasteiger partial charge in [0.1, 0.15) is 0 Å². The maximum atomic E-state index is 12.3. The molecule has 0 amide bonds. The van der Waals surface area contributed by atoms with E-state index < -0.39 is 158 Å². The number of aliphatic hydroxyl groups excluding tert-OH is 1. The Labute approximate surface area is 358 Å². The standard InChI is InChI=1S/C26H61O29P7/c1-5-23(15-27)16-50-57(31,32)43-9-10-45-59(35,36)52-19-25(7-3)20-54-61(39,40)47-13-14-48-62(41,42)55-22-26(8-4)21-53-60(37,38)46-12-11-44-58(33,34)51-18-24(6-2)17-49-56(28,29)30/h23-27H,5-22H2,1-4H3,(H,31,32)(H,33,34)(H,35,36)(H,37,38)(H,39,40)(H,41,42)(H2,28,29,30). The van der Waals surface area contributed by atoms with E-state index in [4.69, 9.17) is 42.0 Å². The van der Waals surface area contributed by atoms with E-state index in [-0.39, 0.29) is 32.5 Å². The lowest BCUT2D eigenvalue weighted by Crippen LogP contribution is -2.16. The first-order valence-corrected chi connectivity index (χ1v) is 29.1. The molecule has 10 atom stereocenters. The fraction of sp³-hybridized carbons (Fsp3) is 1.00. The molecule has 0 aliphatic rings. The third kappa shape index (κ3) is 34.1. The van der Waals surface area contributed by atoms with E-state index in [0.29, 0.717) is 6.42 Å². The lowest BCUT2D eigenvalue weighted by atomic mass is 10.1. The minimum atomic E-state index is -4.82. The van der Waals surface area contributed by atoms with E-state index in [1.807, 2.05) is 0 Å². The monoisotopic (exact) mass is 1050 g/mol. The predicted molar refractivity (Wildman–Crippen MR) is 211 cm³/mol. The highest BCUT2D eigenvalue weighted by Gasteiger charge is 2.31. The zero-order valence-electron chi connectivity index (χ0n) is 34.4. The van der Waals surface area contributed by atoms with Gasteiger partial charge in [-0.2, -0.15) is 0 Å². The van der Waals surface area contributed by atoms with Gasteiger partial charge in [-0.05, 0) is 25.7 Å². The molecule has 0 spiro atoms. The van der Waals surface area contributed by atoms with Crippen LogP contribution < -0.4 is 0 Å². The van der Waals surface area contributed by atoms with Crippen molar-refractivity contribution in [3.63, 3.8) is 0 Å². The summed E-state index contributed by atoms with van der Waals surface area (Å²) in [6.07, 6.45) is 1.11. The van der Waals surface area contributed by atoms with E-state index >= 15 is 0 Å². The largest absolute Gasteiger partial charge is 0.472 e. The third-order valence-electron chi connectivity index (χ3n) is 7.66. The van der Waals surface area contributed by atoms with Crippen LogP contribution in [0, 0.1) is 23.7 Å². The molecule has 0 aromatic heterocycles. The van der Waals surface area contributed by atoms with Gasteiger partial charge in [0.05, 0.1) is 85.9 Å². The molecule has 0 saturated carbocycles. The molecule has 374 valence electrons. The lowest BCUT2D eigenvalue weighted by Gasteiger charge is -2.20. The van der Waals surface area contributed by atoms with Crippen molar-refractivity contribution >= 4 is 54.8 Å². The fourth-order valence-electron chi connectivity index (χ4n) is 3.69. The van der Waals surface area contributed by atoms with E-state index in [1.54, 1.807) is 27.7 Å². The summed E-state index contributed by atoms with van der Waals surface area (Å²) < 4.78 is 145. The Balaban J connectivity index is 4.53. The van der Waals surface area contributed by atoms with Gasteiger partial charge < -0.3 is 44.3 Å². The van der Waals surface area contributed by atoms with Crippen LogP contribution in [0.2, 0.25) is 0 Å². The minimum absolute atomic E-state index is 0.180. The molecule has 0 aliphatic heterocycles. The second kappa shape index (κ2) is 31.0. The van der Waals surface area contributed by atoms with Gasteiger partial charge >= 0.3 is 54.8 Å². The Morgan fingerprint density at radius 1 is 0.306 bits per heavy atom. The smallest absolute Gasteiger partial charge is 0.396 e. The van der Waals surface area contributed by atoms with Crippen LogP contribution in [0.25, 0.3) is 0 Å². The highest BCUT2D eigenvalue weighted by Crippen LogP contribution is 2.50. The van der Waals surface area contributed by atoms with Crippen LogP contribution >= 0.6 is 54.8 Å². The van der Waals surface area contributed by atoms with Crippen LogP contribution in [0.15, 0.2) is 0 Å². The molecule has 0 aromatic carbocycles. The van der Waals surface area contributed by atoms with E-state index in [9.17, 15) is 61.3 Å². The molecule has 0 heterocycles. The molecule has 9 N–H and O–H groups in total. The predicted octanol–water partition coefficient (Wildman–Crippen LogP) is 3.99. The number of phosphoric acid groups is 7. The van der Waals surface area contributed by atoms with Gasteiger partial charge in [-0.3, -0.25) is 58.8 Å². The quantitative estimate of drug-likeness (QED) is 0.0309. The molecule has 62 heavy (non-hydrogen) atoms. The lowest BCUT2D eigenvalue weighted by molar-refractivity contribution is 0.0653. The molecule has 29 nitrogen and oxygen atoms in total. The molecular weight excluding hydrogens is 993 g/mol. The molecule has 0 rings (SSSR count). The summed E-state index contributed by atoms with van der Waals surface area (Å²) in [7, 11) is -33.2. The van der Waals surface area contributed by atoms with Gasteiger partial charge in [0.15, 0.2) is 0 Å². The first kappa shape index (κ1) is 62.7. The van der Waals surface area contributed by atoms with E-state index in [0.717, 1.165) is 0 Å². The second-order valence-electron chi connectivity index (χ2n) is 12.7. The van der Waals surface area contributed by atoms with Crippen LogP contribution in [0.1, 0.15) is 53.4 Å². The van der Waals surface area contributed by atoms with Crippen molar-refractivity contribution in [3.8, 4) is 0 Å². The van der Waals surface area contributed by atoms with Crippen LogP contribution in [0.3, 0.4) is 0 Å². The first-order valence-electron chi connectivity index (χ1n) is 18.5. The summed E-state index contributed by atoms with van der Waals surface area (Å²) in [5, 5.41) is 9.11. The highest BCUT2D eigenvalue weighted by atomic mass is 31.2. The van der Waals surface area contributed by atoms with Gasteiger partial charge in [0, 0.05) is 30.3 Å². The Kier molecular flexibility index (Phi) is 31.3. The Bertz CT molecular complexity index is 1580. The van der Waals surface area contributed by atoms with Crippen molar-refractivity contribution in [1.82, 2.24) is 0 Å². The Morgan fingerprint density at radius 3 is 0.645 bits per heavy atom. The number of phosphoric ester groups is 7. The van der Waals surface area contributed by atoms with Crippen LogP contribution in [-0.2, 0) is 90.8 Å². The van der Waals surface area contributed by atoms with Crippen molar-refractivity contribution in [2.45, 2.75) is 53.4 Å². The van der Waals surface area contributed by atoms with Gasteiger partial charge in [0.25, 0.3) is 0 Å². The number of rotatable bonds is 41. The molecule has 0 radical (unpaired) electrons. The summed E-state index contributed by atoms with van der Waals surface area (Å²) in [5.74, 6) is -2.62. The Hall–Kier alpha value is 0.730. The fourth-order valence-corrected chi connectivity index (χ4v) is 8.77. The van der Waals surface area contributed by atoms with Crippen LogP contribution in [-0.4, -0.2) is 137 Å². The third-order valence-corrected chi connectivity index (χ3v) is 14.1. The molecule has 0 fully saturated rings. The van der Waals surface area contributed by atoms with E-state index in [1.165, 1.54) is 0 Å². The molecule has 0 bridgehead atoms. The topological polar surface area (TPSA) is 422 Å². The van der Waals surface area contributed by atoms with Crippen molar-refractivity contribution < 1.29 is 135 Å². The van der Waals surface area contributed by atoms with Gasteiger partial charge in [0.2, 0.25) is 0 Å². The van der Waals surface area contributed by atoms with Crippen molar-refractivity contribution in [1.29, 1.82) is 0 Å². The van der Waals surface area contributed by atoms with Crippen molar-refractivity contribution in [3.05, 3.63) is 0 Å². The maximum absolute atomic E-state index is 12.3. The first-order chi connectivity index (χ1) is 28.5. The normalized spacial score (nSPS) is 20.4. The van der Waals surface area contributed by atoms with Crippen molar-refractivity contribution in [2.75, 3.05) is 92.5 Å². The number of hydrogen-bond donors (Lipinski definition) is 9. The molecule has 0 aliphatic carbocycles. The molecular formula is C26H61O29P7. The molecule has 0 saturated heterocycles. The Morgan fingerprint density at radius 2 is 0.484 bits per heavy atom. The molecule has 36 heteroatoms. The second-order valence-corrected chi connectivity index (χ2v) is 22.6. The average molecular weight is 1050 g/mol. The van der Waals surface area contributed by atoms with E-state index in [2.05, 4.69) is 31.7 Å². The number of aliphatic hydroxyl groups is 1. The summed E-state index contributed by atoms with van der Waals surface area (Å²) >= 11 is 0. The summed E-state index contributed by atoms with van der Waals surface area (Å²) in [6.45, 7) is -1.44. The number of hydrogen-bond acceptors (Lipinski definition) is 21. The molecule has 0 aromatic rings. The van der Waals surface area contributed by atoms with Gasteiger partial charge in [-0.1, -0.05) is 27.7 Å².